The van der Waals surface area contributed by atoms with E-state index in [9.17, 15) is 0 Å². The van der Waals surface area contributed by atoms with E-state index < -0.39 is 0 Å². The summed E-state index contributed by atoms with van der Waals surface area (Å²) in [5.74, 6) is 1.67. The van der Waals surface area contributed by atoms with Gasteiger partial charge in [-0.25, -0.2) is 9.97 Å². The first-order valence-electron chi connectivity index (χ1n) is 11.9. The van der Waals surface area contributed by atoms with Crippen molar-refractivity contribution in [3.63, 3.8) is 0 Å². The van der Waals surface area contributed by atoms with Gasteiger partial charge in [0, 0.05) is 12.4 Å². The van der Waals surface area contributed by atoms with Gasteiger partial charge in [0.05, 0.1) is 12.2 Å². The first-order chi connectivity index (χ1) is 14.3. The molecular weight excluding hydrogens is 356 g/mol. The summed E-state index contributed by atoms with van der Waals surface area (Å²) in [7, 11) is 0. The Labute approximate surface area is 178 Å². The number of aromatic nitrogens is 2. The van der Waals surface area contributed by atoms with E-state index in [2.05, 4.69) is 42.0 Å². The van der Waals surface area contributed by atoms with Gasteiger partial charge in [0.2, 0.25) is 0 Å². The van der Waals surface area contributed by atoms with Crippen LogP contribution in [0.15, 0.2) is 36.7 Å². The summed E-state index contributed by atoms with van der Waals surface area (Å²) in [6.45, 7) is 5.27. The lowest BCUT2D eigenvalue weighted by atomic mass is 10.0. The van der Waals surface area contributed by atoms with Gasteiger partial charge in [0.1, 0.15) is 5.75 Å². The minimum atomic E-state index is 0.758. The zero-order chi connectivity index (χ0) is 20.6. The van der Waals surface area contributed by atoms with Crippen LogP contribution >= 0.6 is 0 Å². The summed E-state index contributed by atoms with van der Waals surface area (Å²) < 4.78 is 6.10. The van der Waals surface area contributed by atoms with Crippen molar-refractivity contribution in [3.05, 3.63) is 42.2 Å². The zero-order valence-electron chi connectivity index (χ0n) is 18.7. The van der Waals surface area contributed by atoms with Gasteiger partial charge >= 0.3 is 0 Å². The quantitative estimate of drug-likeness (QED) is 0.272. The molecule has 1 aromatic carbocycles. The first-order valence-corrected chi connectivity index (χ1v) is 11.9. The first kappa shape index (κ1) is 23.4. The molecule has 0 spiro atoms. The number of aryl methyl sites for hydroxylation is 1. The minimum Gasteiger partial charge on any atom is -0.493 e. The minimum absolute atomic E-state index is 0.758. The van der Waals surface area contributed by atoms with Crippen LogP contribution in [-0.2, 0) is 6.42 Å². The molecular formula is C26H40N2O. The van der Waals surface area contributed by atoms with E-state index in [0.29, 0.717) is 0 Å². The molecule has 0 saturated heterocycles. The van der Waals surface area contributed by atoms with Crippen molar-refractivity contribution >= 4 is 0 Å². The molecule has 29 heavy (non-hydrogen) atoms. The van der Waals surface area contributed by atoms with Crippen LogP contribution in [0.4, 0.5) is 0 Å². The highest BCUT2D eigenvalue weighted by atomic mass is 16.5. The van der Waals surface area contributed by atoms with Crippen LogP contribution in [0.1, 0.15) is 96.5 Å². The molecule has 0 saturated carbocycles. The van der Waals surface area contributed by atoms with Crippen molar-refractivity contribution in [1.82, 2.24) is 9.97 Å². The summed E-state index contributed by atoms with van der Waals surface area (Å²) in [6, 6.07) is 8.43. The van der Waals surface area contributed by atoms with Crippen molar-refractivity contribution in [2.24, 2.45) is 0 Å². The Kier molecular flexibility index (Phi) is 12.1. The van der Waals surface area contributed by atoms with Gasteiger partial charge in [-0.1, -0.05) is 84.1 Å². The van der Waals surface area contributed by atoms with Crippen molar-refractivity contribution < 1.29 is 4.74 Å². The van der Waals surface area contributed by atoms with Crippen molar-refractivity contribution in [1.29, 1.82) is 0 Å². The lowest BCUT2D eigenvalue weighted by molar-refractivity contribution is 0.306. The van der Waals surface area contributed by atoms with Crippen LogP contribution in [-0.4, -0.2) is 16.6 Å². The number of benzene rings is 1. The van der Waals surface area contributed by atoms with Gasteiger partial charge in [-0.3, -0.25) is 0 Å². The highest BCUT2D eigenvalue weighted by molar-refractivity contribution is 5.65. The highest BCUT2D eigenvalue weighted by Crippen LogP contribution is 2.29. The van der Waals surface area contributed by atoms with Crippen molar-refractivity contribution in [3.8, 4) is 17.1 Å². The number of hydrogen-bond donors (Lipinski definition) is 0. The predicted octanol–water partition coefficient (Wildman–Crippen LogP) is 7.79. The maximum absolute atomic E-state index is 6.10. The highest BCUT2D eigenvalue weighted by Gasteiger charge is 2.10. The third-order valence-electron chi connectivity index (χ3n) is 5.43. The molecule has 1 heterocycles. The Morgan fingerprint density at radius 3 is 2.03 bits per heavy atom. The van der Waals surface area contributed by atoms with Crippen LogP contribution in [0.3, 0.4) is 0 Å². The molecule has 0 bridgehead atoms. The van der Waals surface area contributed by atoms with Gasteiger partial charge in [0.25, 0.3) is 0 Å². The molecule has 2 aromatic rings. The maximum Gasteiger partial charge on any atom is 0.162 e. The van der Waals surface area contributed by atoms with Crippen LogP contribution in [0.25, 0.3) is 11.4 Å². The fourth-order valence-corrected chi connectivity index (χ4v) is 3.65. The molecule has 2 rings (SSSR count). The third kappa shape index (κ3) is 9.43. The molecule has 0 aliphatic rings. The van der Waals surface area contributed by atoms with Crippen molar-refractivity contribution in [2.75, 3.05) is 6.61 Å². The molecule has 1 aromatic heterocycles. The number of nitrogens with zero attached hydrogens (tertiary/aromatic N) is 2. The fraction of sp³-hybridized carbons (Fsp3) is 0.615. The average Bonchev–Trinajstić information content (AvgIpc) is 2.76. The molecule has 0 unspecified atom stereocenters. The van der Waals surface area contributed by atoms with E-state index in [-0.39, 0.29) is 0 Å². The average molecular weight is 397 g/mol. The predicted molar refractivity (Wildman–Crippen MR) is 123 cm³/mol. The van der Waals surface area contributed by atoms with Gasteiger partial charge in [-0.15, -0.1) is 0 Å². The second kappa shape index (κ2) is 15.0. The molecule has 0 radical (unpaired) electrons. The maximum atomic E-state index is 6.10. The Balaban J connectivity index is 1.88. The van der Waals surface area contributed by atoms with Gasteiger partial charge in [0.15, 0.2) is 5.82 Å². The summed E-state index contributed by atoms with van der Waals surface area (Å²) in [4.78, 5) is 8.93. The molecule has 160 valence electrons. The smallest absolute Gasteiger partial charge is 0.162 e. The molecule has 3 heteroatoms. The molecule has 3 nitrogen and oxygen atoms in total. The normalized spacial score (nSPS) is 11.0. The van der Waals surface area contributed by atoms with Gasteiger partial charge in [-0.05, 0) is 43.0 Å². The van der Waals surface area contributed by atoms with E-state index >= 15 is 0 Å². The van der Waals surface area contributed by atoms with E-state index in [1.165, 1.54) is 76.2 Å². The molecule has 0 N–H and O–H groups in total. The Hall–Kier alpha value is -1.90. The molecule has 0 aliphatic carbocycles. The monoisotopic (exact) mass is 396 g/mol. The van der Waals surface area contributed by atoms with Crippen LogP contribution in [0, 0.1) is 0 Å². The van der Waals surface area contributed by atoms with E-state index in [0.717, 1.165) is 36.6 Å². The van der Waals surface area contributed by atoms with Gasteiger partial charge in [-0.2, -0.15) is 0 Å². The van der Waals surface area contributed by atoms with Crippen LogP contribution in [0.5, 0.6) is 5.75 Å². The topological polar surface area (TPSA) is 35.0 Å². The Morgan fingerprint density at radius 1 is 0.724 bits per heavy atom. The molecule has 0 fully saturated rings. The number of unbranched alkanes of at least 4 members (excludes halogenated alkanes) is 10. The summed E-state index contributed by atoms with van der Waals surface area (Å²) >= 11 is 0. The second-order valence-corrected chi connectivity index (χ2v) is 8.04. The second-order valence-electron chi connectivity index (χ2n) is 8.04. The largest absolute Gasteiger partial charge is 0.493 e. The van der Waals surface area contributed by atoms with Crippen molar-refractivity contribution in [2.45, 2.75) is 97.3 Å². The molecule has 0 aliphatic heterocycles. The van der Waals surface area contributed by atoms with Crippen LogP contribution in [0.2, 0.25) is 0 Å². The molecule has 0 amide bonds. The van der Waals surface area contributed by atoms with E-state index in [1.807, 2.05) is 6.07 Å². The Bertz CT molecular complexity index is 657. The lowest BCUT2D eigenvalue weighted by Crippen LogP contribution is -2.01. The number of ether oxygens (including phenoxy) is 1. The standard InChI is InChI=1S/C26H40N2O/c1-3-5-7-9-10-11-12-13-16-23-17-18-25(29-21-14-8-6-4-2)24(22-23)26-27-19-15-20-28-26/h15,17-20,22H,3-14,16,21H2,1-2H3. The summed E-state index contributed by atoms with van der Waals surface area (Å²) in [5.41, 5.74) is 2.38. The zero-order valence-corrected chi connectivity index (χ0v) is 18.7. The summed E-state index contributed by atoms with van der Waals surface area (Å²) in [5, 5.41) is 0. The number of hydrogen-bond acceptors (Lipinski definition) is 3. The van der Waals surface area contributed by atoms with Gasteiger partial charge < -0.3 is 4.74 Å². The van der Waals surface area contributed by atoms with E-state index in [1.54, 1.807) is 12.4 Å². The summed E-state index contributed by atoms with van der Waals surface area (Å²) in [6.07, 6.45) is 20.4. The van der Waals surface area contributed by atoms with E-state index in [4.69, 9.17) is 4.74 Å². The SMILES string of the molecule is CCCCCCCCCCc1ccc(OCCCCCC)c(-c2ncccn2)c1. The Morgan fingerprint density at radius 2 is 1.34 bits per heavy atom. The third-order valence-corrected chi connectivity index (χ3v) is 5.43. The molecule has 0 atom stereocenters. The number of rotatable bonds is 16. The fourth-order valence-electron chi connectivity index (χ4n) is 3.65. The van der Waals surface area contributed by atoms with Crippen LogP contribution < -0.4 is 4.74 Å². The lowest BCUT2D eigenvalue weighted by Gasteiger charge is -2.13.